The summed E-state index contributed by atoms with van der Waals surface area (Å²) in [6, 6.07) is 3.55. The summed E-state index contributed by atoms with van der Waals surface area (Å²) in [6.45, 7) is 7.11. The zero-order valence-corrected chi connectivity index (χ0v) is 16.0. The summed E-state index contributed by atoms with van der Waals surface area (Å²) >= 11 is 0. The highest BCUT2D eigenvalue weighted by Crippen LogP contribution is 2.34. The van der Waals surface area contributed by atoms with Gasteiger partial charge in [-0.3, -0.25) is 4.79 Å². The molecule has 0 unspecified atom stereocenters. The first-order valence-corrected chi connectivity index (χ1v) is 9.31. The topological polar surface area (TPSA) is 85.3 Å². The summed E-state index contributed by atoms with van der Waals surface area (Å²) in [4.78, 5) is 25.8. The Kier molecular flexibility index (Phi) is 6.01. The Morgan fingerprint density at radius 1 is 1.15 bits per heavy atom. The first kappa shape index (κ1) is 19.6. The van der Waals surface area contributed by atoms with Crippen molar-refractivity contribution in [2.75, 3.05) is 46.1 Å². The molecule has 1 aromatic carbocycles. The Morgan fingerprint density at radius 3 is 2.44 bits per heavy atom. The van der Waals surface area contributed by atoms with E-state index in [0.29, 0.717) is 50.8 Å². The van der Waals surface area contributed by atoms with Gasteiger partial charge in [0.15, 0.2) is 6.61 Å². The highest BCUT2D eigenvalue weighted by Gasteiger charge is 2.38. The van der Waals surface area contributed by atoms with E-state index < -0.39 is 12.6 Å². The first-order valence-electron chi connectivity index (χ1n) is 9.31. The first-order chi connectivity index (χ1) is 12.9. The lowest BCUT2D eigenvalue weighted by Crippen LogP contribution is -2.44. The van der Waals surface area contributed by atoms with Crippen LogP contribution in [-0.4, -0.2) is 68.0 Å². The van der Waals surface area contributed by atoms with Gasteiger partial charge in [0.1, 0.15) is 5.75 Å². The number of benzene rings is 1. The monoisotopic (exact) mass is 377 g/mol. The van der Waals surface area contributed by atoms with E-state index in [2.05, 4.69) is 0 Å². The van der Waals surface area contributed by atoms with Gasteiger partial charge in [-0.1, -0.05) is 0 Å². The molecule has 0 saturated carbocycles. The molecule has 148 valence electrons. The smallest absolute Gasteiger partial charge is 0.341 e. The molecular weight excluding hydrogens is 350 g/mol. The summed E-state index contributed by atoms with van der Waals surface area (Å²) in [5.74, 6) is -0.531. The number of amides is 1. The molecule has 0 bridgehead atoms. The van der Waals surface area contributed by atoms with Crippen LogP contribution in [0.2, 0.25) is 0 Å². The Morgan fingerprint density at radius 2 is 1.81 bits per heavy atom. The molecule has 0 atom stereocenters. The third-order valence-corrected chi connectivity index (χ3v) is 5.33. The maximum atomic E-state index is 13.2. The number of carboxylic acids is 1. The fourth-order valence-corrected chi connectivity index (χ4v) is 3.89. The third kappa shape index (κ3) is 4.59. The van der Waals surface area contributed by atoms with Gasteiger partial charge in [0, 0.05) is 37.3 Å². The fraction of sp³-hybridized carbons (Fsp3) is 0.600. The Balaban J connectivity index is 1.78. The van der Waals surface area contributed by atoms with E-state index in [1.54, 1.807) is 12.1 Å². The van der Waals surface area contributed by atoms with E-state index in [0.717, 1.165) is 24.0 Å². The Hall–Kier alpha value is -2.12. The quantitative estimate of drug-likeness (QED) is 0.864. The lowest BCUT2D eigenvalue weighted by Gasteiger charge is -2.38. The minimum absolute atomic E-state index is 0.0256. The molecule has 7 heteroatoms. The number of carboxylic acid groups (broad SMARTS) is 1. The fourth-order valence-electron chi connectivity index (χ4n) is 3.89. The van der Waals surface area contributed by atoms with Gasteiger partial charge in [0.25, 0.3) is 5.91 Å². The minimum Gasteiger partial charge on any atom is -0.481 e. The van der Waals surface area contributed by atoms with Crippen molar-refractivity contribution in [3.8, 4) is 5.75 Å². The van der Waals surface area contributed by atoms with E-state index >= 15 is 0 Å². The molecule has 2 fully saturated rings. The molecule has 0 radical (unpaired) electrons. The van der Waals surface area contributed by atoms with E-state index in [4.69, 9.17) is 19.3 Å². The van der Waals surface area contributed by atoms with Gasteiger partial charge in [-0.2, -0.15) is 0 Å². The second-order valence-corrected chi connectivity index (χ2v) is 7.51. The number of ether oxygens (including phenoxy) is 3. The zero-order chi connectivity index (χ0) is 19.4. The summed E-state index contributed by atoms with van der Waals surface area (Å²) in [5.41, 5.74) is 2.08. The molecule has 1 aromatic rings. The number of hydrogen-bond donors (Lipinski definition) is 1. The summed E-state index contributed by atoms with van der Waals surface area (Å²) < 4.78 is 16.6. The van der Waals surface area contributed by atoms with E-state index in [-0.39, 0.29) is 11.3 Å². The van der Waals surface area contributed by atoms with Gasteiger partial charge in [0.2, 0.25) is 0 Å². The molecular formula is C20H27NO6. The highest BCUT2D eigenvalue weighted by atomic mass is 16.5. The van der Waals surface area contributed by atoms with Crippen molar-refractivity contribution in [1.82, 2.24) is 4.90 Å². The Labute approximate surface area is 159 Å². The molecule has 3 rings (SSSR count). The van der Waals surface area contributed by atoms with Crippen molar-refractivity contribution in [3.05, 3.63) is 28.8 Å². The van der Waals surface area contributed by atoms with Crippen LogP contribution in [0.3, 0.4) is 0 Å². The number of hydrogen-bond acceptors (Lipinski definition) is 5. The van der Waals surface area contributed by atoms with Gasteiger partial charge >= 0.3 is 5.97 Å². The normalized spacial score (nSPS) is 19.6. The van der Waals surface area contributed by atoms with E-state index in [1.807, 2.05) is 18.7 Å². The van der Waals surface area contributed by atoms with Crippen molar-refractivity contribution in [2.45, 2.75) is 26.7 Å². The van der Waals surface area contributed by atoms with Crippen molar-refractivity contribution < 1.29 is 28.9 Å². The second-order valence-electron chi connectivity index (χ2n) is 7.51. The van der Waals surface area contributed by atoms with Crippen LogP contribution in [0.5, 0.6) is 5.75 Å². The molecule has 2 saturated heterocycles. The average Bonchev–Trinajstić information content (AvgIpc) is 2.83. The zero-order valence-electron chi connectivity index (χ0n) is 16.0. The molecule has 2 aliphatic heterocycles. The molecule has 0 aliphatic carbocycles. The highest BCUT2D eigenvalue weighted by molar-refractivity contribution is 5.95. The molecule has 27 heavy (non-hydrogen) atoms. The number of carbonyl (C=O) groups is 2. The van der Waals surface area contributed by atoms with Crippen molar-refractivity contribution >= 4 is 11.9 Å². The summed E-state index contributed by atoms with van der Waals surface area (Å²) in [7, 11) is 0. The van der Waals surface area contributed by atoms with Gasteiger partial charge in [0.05, 0.1) is 13.2 Å². The van der Waals surface area contributed by atoms with Crippen LogP contribution in [-0.2, 0) is 14.3 Å². The second kappa shape index (κ2) is 8.27. The standard InChI is InChI=1S/C20H27NO6/c1-14-9-16(10-15(2)18(14)27-11-17(22)23)19(24)21-5-8-26-13-20(12-21)3-6-25-7-4-20/h9-10H,3-8,11-13H2,1-2H3,(H,22,23). The SMILES string of the molecule is Cc1cc(C(=O)N2CCOCC3(CCOCC3)C2)cc(C)c1OCC(=O)O. The van der Waals surface area contributed by atoms with Crippen LogP contribution < -0.4 is 4.74 Å². The predicted molar refractivity (Wildman–Crippen MR) is 98.3 cm³/mol. The van der Waals surface area contributed by atoms with Crippen LogP contribution in [0, 0.1) is 19.3 Å². The minimum atomic E-state index is -1.03. The van der Waals surface area contributed by atoms with Crippen molar-refractivity contribution in [3.63, 3.8) is 0 Å². The Bertz CT molecular complexity index is 687. The maximum Gasteiger partial charge on any atom is 0.341 e. The van der Waals surface area contributed by atoms with Crippen LogP contribution >= 0.6 is 0 Å². The van der Waals surface area contributed by atoms with Crippen LogP contribution in [0.4, 0.5) is 0 Å². The molecule has 1 N–H and O–H groups in total. The van der Waals surface area contributed by atoms with Crippen molar-refractivity contribution in [2.24, 2.45) is 5.41 Å². The number of aliphatic carboxylic acids is 1. The lowest BCUT2D eigenvalue weighted by molar-refractivity contribution is -0.139. The van der Waals surface area contributed by atoms with Crippen LogP contribution in [0.25, 0.3) is 0 Å². The van der Waals surface area contributed by atoms with E-state index in [1.165, 1.54) is 0 Å². The van der Waals surface area contributed by atoms with Crippen LogP contribution in [0.15, 0.2) is 12.1 Å². The lowest BCUT2D eigenvalue weighted by atomic mass is 9.80. The van der Waals surface area contributed by atoms with Crippen molar-refractivity contribution in [1.29, 1.82) is 0 Å². The average molecular weight is 377 g/mol. The summed E-state index contributed by atoms with van der Waals surface area (Å²) in [6.07, 6.45) is 1.80. The predicted octanol–water partition coefficient (Wildman–Crippen LogP) is 2.04. The van der Waals surface area contributed by atoms with Gasteiger partial charge in [-0.05, 0) is 49.9 Å². The number of rotatable bonds is 4. The molecule has 0 aromatic heterocycles. The molecule has 7 nitrogen and oxygen atoms in total. The molecule has 1 spiro atoms. The molecule has 2 aliphatic rings. The van der Waals surface area contributed by atoms with E-state index in [9.17, 15) is 9.59 Å². The largest absolute Gasteiger partial charge is 0.481 e. The third-order valence-electron chi connectivity index (χ3n) is 5.33. The van der Waals surface area contributed by atoms with Crippen LogP contribution in [0.1, 0.15) is 34.3 Å². The van der Waals surface area contributed by atoms with Gasteiger partial charge in [-0.15, -0.1) is 0 Å². The maximum absolute atomic E-state index is 13.2. The molecule has 1 amide bonds. The number of aryl methyl sites for hydroxylation is 2. The number of carbonyl (C=O) groups excluding carboxylic acids is 1. The number of nitrogens with zero attached hydrogens (tertiary/aromatic N) is 1. The van der Waals surface area contributed by atoms with Gasteiger partial charge < -0.3 is 24.2 Å². The molecule has 2 heterocycles. The summed E-state index contributed by atoms with van der Waals surface area (Å²) in [5, 5.41) is 8.81. The van der Waals surface area contributed by atoms with Gasteiger partial charge in [-0.25, -0.2) is 4.79 Å².